The fourth-order valence-corrected chi connectivity index (χ4v) is 0.814. The quantitative estimate of drug-likeness (QED) is 0.527. The molecule has 0 amide bonds. The van der Waals surface area contributed by atoms with E-state index in [4.69, 9.17) is 4.74 Å². The van der Waals surface area contributed by atoms with E-state index in [1.165, 1.54) is 0 Å². The van der Waals surface area contributed by atoms with Crippen molar-refractivity contribution in [1.82, 2.24) is 5.01 Å². The summed E-state index contributed by atoms with van der Waals surface area (Å²) < 4.78 is 5.05. The summed E-state index contributed by atoms with van der Waals surface area (Å²) in [5.74, 6) is 0.787. The maximum absolute atomic E-state index is 5.05. The van der Waals surface area contributed by atoms with Crippen molar-refractivity contribution in [3.8, 4) is 5.75 Å². The van der Waals surface area contributed by atoms with Crippen LogP contribution in [0.15, 0.2) is 34.6 Å². The molecule has 0 radical (unpaired) electrons. The summed E-state index contributed by atoms with van der Waals surface area (Å²) in [6, 6.07) is 7.44. The Labute approximate surface area is 77.8 Å². The number of nitrogens with zero attached hydrogens (tertiary/aromatic N) is 3. The molecule has 0 bridgehead atoms. The smallest absolute Gasteiger partial charge is 0.121 e. The summed E-state index contributed by atoms with van der Waals surface area (Å²) in [4.78, 5) is 0. The van der Waals surface area contributed by atoms with E-state index in [-0.39, 0.29) is 0 Å². The van der Waals surface area contributed by atoms with Crippen LogP contribution in [0, 0.1) is 0 Å². The number of benzene rings is 1. The second kappa shape index (κ2) is 4.45. The first kappa shape index (κ1) is 9.51. The zero-order valence-corrected chi connectivity index (χ0v) is 8.06. The molecule has 0 unspecified atom stereocenters. The molecule has 0 aliphatic rings. The molecule has 0 aliphatic carbocycles. The van der Waals surface area contributed by atoms with Gasteiger partial charge in [-0.15, -0.1) is 5.11 Å². The van der Waals surface area contributed by atoms with E-state index in [1.807, 2.05) is 38.4 Å². The third-order valence-corrected chi connectivity index (χ3v) is 1.39. The van der Waals surface area contributed by atoms with Gasteiger partial charge in [0.2, 0.25) is 0 Å². The summed E-state index contributed by atoms with van der Waals surface area (Å²) in [6.45, 7) is 0. The van der Waals surface area contributed by atoms with Crippen LogP contribution in [0.1, 0.15) is 0 Å². The molecule has 0 saturated heterocycles. The molecule has 0 N–H and O–H groups in total. The molecular weight excluding hydrogens is 166 g/mol. The van der Waals surface area contributed by atoms with Gasteiger partial charge in [0.25, 0.3) is 0 Å². The highest BCUT2D eigenvalue weighted by atomic mass is 16.5. The van der Waals surface area contributed by atoms with Crippen LogP contribution >= 0.6 is 0 Å². The molecule has 4 heteroatoms. The SMILES string of the molecule is COc1cccc(N=NN(C)C)c1. The highest BCUT2D eigenvalue weighted by Crippen LogP contribution is 2.19. The highest BCUT2D eigenvalue weighted by Gasteiger charge is 1.92. The highest BCUT2D eigenvalue weighted by molar-refractivity contribution is 5.42. The zero-order chi connectivity index (χ0) is 9.68. The van der Waals surface area contributed by atoms with Crippen molar-refractivity contribution in [2.24, 2.45) is 10.3 Å². The summed E-state index contributed by atoms with van der Waals surface area (Å²) in [6.07, 6.45) is 0. The standard InChI is InChI=1S/C9H13N3O/c1-12(2)11-10-8-5-4-6-9(7-8)13-3/h4-7H,1-3H3. The van der Waals surface area contributed by atoms with Crippen LogP contribution in [0.4, 0.5) is 5.69 Å². The van der Waals surface area contributed by atoms with Crippen LogP contribution < -0.4 is 4.74 Å². The third kappa shape index (κ3) is 3.11. The fourth-order valence-electron chi connectivity index (χ4n) is 0.814. The lowest BCUT2D eigenvalue weighted by atomic mass is 10.3. The molecule has 13 heavy (non-hydrogen) atoms. The summed E-state index contributed by atoms with van der Waals surface area (Å²) in [5.41, 5.74) is 0.785. The van der Waals surface area contributed by atoms with Crippen molar-refractivity contribution in [1.29, 1.82) is 0 Å². The summed E-state index contributed by atoms with van der Waals surface area (Å²) >= 11 is 0. The average molecular weight is 179 g/mol. The van der Waals surface area contributed by atoms with Crippen molar-refractivity contribution in [2.75, 3.05) is 21.2 Å². The largest absolute Gasteiger partial charge is 0.497 e. The molecule has 4 nitrogen and oxygen atoms in total. The van der Waals surface area contributed by atoms with Gasteiger partial charge in [0, 0.05) is 20.2 Å². The molecule has 0 spiro atoms. The summed E-state index contributed by atoms with van der Waals surface area (Å²) in [5, 5.41) is 9.50. The van der Waals surface area contributed by atoms with Crippen molar-refractivity contribution in [2.45, 2.75) is 0 Å². The van der Waals surface area contributed by atoms with Gasteiger partial charge in [-0.05, 0) is 12.1 Å². The van der Waals surface area contributed by atoms with Gasteiger partial charge in [0.15, 0.2) is 0 Å². The van der Waals surface area contributed by atoms with Crippen LogP contribution in [0.5, 0.6) is 5.75 Å². The second-order valence-corrected chi connectivity index (χ2v) is 2.74. The van der Waals surface area contributed by atoms with Gasteiger partial charge in [0.1, 0.15) is 5.75 Å². The lowest BCUT2D eigenvalue weighted by Gasteiger charge is -2.01. The third-order valence-electron chi connectivity index (χ3n) is 1.39. The minimum Gasteiger partial charge on any atom is -0.497 e. The summed E-state index contributed by atoms with van der Waals surface area (Å²) in [7, 11) is 5.27. The molecule has 1 aromatic carbocycles. The van der Waals surface area contributed by atoms with E-state index in [9.17, 15) is 0 Å². The van der Waals surface area contributed by atoms with Crippen molar-refractivity contribution in [3.63, 3.8) is 0 Å². The molecule has 0 saturated carbocycles. The van der Waals surface area contributed by atoms with Gasteiger partial charge in [0.05, 0.1) is 12.8 Å². The van der Waals surface area contributed by atoms with Gasteiger partial charge in [-0.2, -0.15) is 0 Å². The van der Waals surface area contributed by atoms with E-state index in [0.29, 0.717) is 0 Å². The molecule has 70 valence electrons. The van der Waals surface area contributed by atoms with Crippen LogP contribution in [0.3, 0.4) is 0 Å². The van der Waals surface area contributed by atoms with Crippen molar-refractivity contribution in [3.05, 3.63) is 24.3 Å². The van der Waals surface area contributed by atoms with E-state index in [2.05, 4.69) is 10.3 Å². The van der Waals surface area contributed by atoms with Gasteiger partial charge < -0.3 is 4.74 Å². The van der Waals surface area contributed by atoms with Gasteiger partial charge >= 0.3 is 0 Å². The lowest BCUT2D eigenvalue weighted by Crippen LogP contribution is -1.98. The Balaban J connectivity index is 2.77. The molecule has 0 fully saturated rings. The van der Waals surface area contributed by atoms with Crippen LogP contribution in [0.25, 0.3) is 0 Å². The minimum absolute atomic E-state index is 0.785. The molecular formula is C9H13N3O. The van der Waals surface area contributed by atoms with Crippen molar-refractivity contribution < 1.29 is 4.74 Å². The van der Waals surface area contributed by atoms with Crippen molar-refractivity contribution >= 4 is 5.69 Å². The van der Waals surface area contributed by atoms with Gasteiger partial charge in [-0.25, -0.2) is 0 Å². The number of rotatable bonds is 3. The first-order valence-electron chi connectivity index (χ1n) is 3.95. The lowest BCUT2D eigenvalue weighted by molar-refractivity contribution is 0.406. The van der Waals surface area contributed by atoms with Crippen LogP contribution in [-0.4, -0.2) is 26.2 Å². The maximum atomic E-state index is 5.05. The maximum Gasteiger partial charge on any atom is 0.121 e. The second-order valence-electron chi connectivity index (χ2n) is 2.74. The first-order chi connectivity index (χ1) is 6.22. The average Bonchev–Trinajstić information content (AvgIpc) is 2.15. The van der Waals surface area contributed by atoms with Crippen LogP contribution in [0.2, 0.25) is 0 Å². The molecule has 0 heterocycles. The Bertz CT molecular complexity index is 297. The predicted molar refractivity (Wildman–Crippen MR) is 51.2 cm³/mol. The Morgan fingerprint density at radius 2 is 2.08 bits per heavy atom. The number of hydrogen-bond donors (Lipinski definition) is 0. The topological polar surface area (TPSA) is 37.2 Å². The van der Waals surface area contributed by atoms with Crippen LogP contribution in [-0.2, 0) is 0 Å². The number of ether oxygens (including phenoxy) is 1. The van der Waals surface area contributed by atoms with E-state index in [0.717, 1.165) is 11.4 Å². The minimum atomic E-state index is 0.785. The normalized spacial score (nSPS) is 10.4. The Morgan fingerprint density at radius 1 is 1.31 bits per heavy atom. The molecule has 0 aliphatic heterocycles. The first-order valence-corrected chi connectivity index (χ1v) is 3.95. The van der Waals surface area contributed by atoms with Gasteiger partial charge in [-0.1, -0.05) is 11.3 Å². The fraction of sp³-hybridized carbons (Fsp3) is 0.333. The monoisotopic (exact) mass is 179 g/mol. The van der Waals surface area contributed by atoms with Gasteiger partial charge in [-0.3, -0.25) is 5.01 Å². The number of hydrogen-bond acceptors (Lipinski definition) is 3. The predicted octanol–water partition coefficient (Wildman–Crippen LogP) is 2.26. The van der Waals surface area contributed by atoms with E-state index in [1.54, 1.807) is 12.1 Å². The number of methoxy groups -OCH3 is 1. The van der Waals surface area contributed by atoms with E-state index < -0.39 is 0 Å². The molecule has 0 atom stereocenters. The Kier molecular flexibility index (Phi) is 3.25. The Hall–Kier alpha value is -1.58. The van der Waals surface area contributed by atoms with E-state index >= 15 is 0 Å². The molecule has 1 rings (SSSR count). The molecule has 0 aromatic heterocycles. The zero-order valence-electron chi connectivity index (χ0n) is 8.06. The molecule has 1 aromatic rings. The Morgan fingerprint density at radius 3 is 2.69 bits per heavy atom.